The molecule has 82 valence electrons. The fourth-order valence-electron chi connectivity index (χ4n) is 1.37. The first-order valence-electron chi connectivity index (χ1n) is 4.87. The molecule has 0 spiro atoms. The number of hydrogen-bond donors (Lipinski definition) is 0. The Labute approximate surface area is 103 Å². The van der Waals surface area contributed by atoms with Gasteiger partial charge in [0.15, 0.2) is 0 Å². The van der Waals surface area contributed by atoms with Crippen LogP contribution in [0.1, 0.15) is 21.6 Å². The number of ketones is 1. The van der Waals surface area contributed by atoms with Crippen LogP contribution in [0, 0.1) is 11.3 Å². The third-order valence-corrected chi connectivity index (χ3v) is 2.48. The number of nitriles is 1. The van der Waals surface area contributed by atoms with E-state index in [1.807, 2.05) is 6.07 Å². The van der Waals surface area contributed by atoms with E-state index in [0.717, 1.165) is 0 Å². The quantitative estimate of drug-likeness (QED) is 0.761. The maximum atomic E-state index is 12.0. The second kappa shape index (κ2) is 4.77. The van der Waals surface area contributed by atoms with E-state index in [1.54, 1.807) is 30.3 Å². The summed E-state index contributed by atoms with van der Waals surface area (Å²) in [6, 6.07) is 11.5. The lowest BCUT2D eigenvalue weighted by Gasteiger charge is -2.00. The Morgan fingerprint density at radius 1 is 1.24 bits per heavy atom. The molecule has 0 unspecified atom stereocenters. The van der Waals surface area contributed by atoms with E-state index in [-0.39, 0.29) is 11.5 Å². The molecular formula is C13H7ClN2O. The lowest BCUT2D eigenvalue weighted by Crippen LogP contribution is -2.03. The first kappa shape index (κ1) is 11.3. The monoisotopic (exact) mass is 242 g/mol. The highest BCUT2D eigenvalue weighted by Crippen LogP contribution is 2.13. The highest BCUT2D eigenvalue weighted by molar-refractivity contribution is 6.30. The molecule has 1 aromatic carbocycles. The molecule has 1 heterocycles. The summed E-state index contributed by atoms with van der Waals surface area (Å²) in [4.78, 5) is 16.0. The molecule has 0 N–H and O–H groups in total. The third-order valence-electron chi connectivity index (χ3n) is 2.23. The maximum Gasteiger partial charge on any atom is 0.211 e. The van der Waals surface area contributed by atoms with E-state index in [0.29, 0.717) is 16.1 Å². The number of aromatic nitrogens is 1. The van der Waals surface area contributed by atoms with Crippen LogP contribution < -0.4 is 0 Å². The van der Waals surface area contributed by atoms with Crippen molar-refractivity contribution in [3.63, 3.8) is 0 Å². The fraction of sp³-hybridized carbons (Fsp3) is 0. The largest absolute Gasteiger partial charge is 0.287 e. The average Bonchev–Trinajstić information content (AvgIpc) is 2.39. The Morgan fingerprint density at radius 3 is 2.59 bits per heavy atom. The van der Waals surface area contributed by atoms with Crippen LogP contribution >= 0.6 is 11.6 Å². The first-order valence-corrected chi connectivity index (χ1v) is 5.25. The molecular weight excluding hydrogens is 236 g/mol. The van der Waals surface area contributed by atoms with Gasteiger partial charge in [0.05, 0.1) is 11.6 Å². The van der Waals surface area contributed by atoms with Gasteiger partial charge in [-0.25, -0.2) is 0 Å². The summed E-state index contributed by atoms with van der Waals surface area (Å²) in [5.74, 6) is -0.223. The summed E-state index contributed by atoms with van der Waals surface area (Å²) >= 11 is 5.74. The van der Waals surface area contributed by atoms with E-state index < -0.39 is 0 Å². The molecule has 2 aromatic rings. The predicted octanol–water partition coefficient (Wildman–Crippen LogP) is 2.84. The lowest BCUT2D eigenvalue weighted by atomic mass is 10.1. The smallest absolute Gasteiger partial charge is 0.211 e. The van der Waals surface area contributed by atoms with Crippen molar-refractivity contribution in [2.75, 3.05) is 0 Å². The first-order chi connectivity index (χ1) is 8.20. The van der Waals surface area contributed by atoms with Crippen LogP contribution in [0.2, 0.25) is 5.02 Å². The van der Waals surface area contributed by atoms with Gasteiger partial charge in [-0.2, -0.15) is 5.26 Å². The number of pyridine rings is 1. The zero-order valence-corrected chi connectivity index (χ0v) is 9.48. The van der Waals surface area contributed by atoms with E-state index in [2.05, 4.69) is 4.98 Å². The molecule has 0 aliphatic heterocycles. The molecule has 1 aromatic heterocycles. The van der Waals surface area contributed by atoms with E-state index in [4.69, 9.17) is 16.9 Å². The summed E-state index contributed by atoms with van der Waals surface area (Å²) in [5, 5.41) is 9.31. The molecule has 0 aliphatic rings. The fourth-order valence-corrected chi connectivity index (χ4v) is 1.50. The van der Waals surface area contributed by atoms with Crippen LogP contribution in [0.4, 0.5) is 0 Å². The number of rotatable bonds is 2. The molecule has 0 saturated carbocycles. The minimum atomic E-state index is -0.223. The number of halogens is 1. The number of carbonyl (C=O) groups excluding carboxylic acids is 1. The Bertz CT molecular complexity index is 600. The standard InChI is InChI=1S/C13H7ClN2O/c14-11-3-1-10(2-4-11)13(17)12-7-9(8-15)5-6-16-12/h1-7H. The van der Waals surface area contributed by atoms with Crippen LogP contribution in [0.3, 0.4) is 0 Å². The summed E-state index contributed by atoms with van der Waals surface area (Å²) in [6.45, 7) is 0. The van der Waals surface area contributed by atoms with Crippen molar-refractivity contribution in [1.82, 2.24) is 4.98 Å². The average molecular weight is 243 g/mol. The Hall–Kier alpha value is -2.18. The molecule has 0 atom stereocenters. The van der Waals surface area contributed by atoms with Gasteiger partial charge in [-0.3, -0.25) is 9.78 Å². The lowest BCUT2D eigenvalue weighted by molar-refractivity contribution is 0.103. The number of hydrogen-bond acceptors (Lipinski definition) is 3. The second-order valence-corrected chi connectivity index (χ2v) is 3.81. The summed E-state index contributed by atoms with van der Waals surface area (Å²) in [6.07, 6.45) is 1.45. The van der Waals surface area contributed by atoms with Crippen molar-refractivity contribution in [1.29, 1.82) is 5.26 Å². The second-order valence-electron chi connectivity index (χ2n) is 3.38. The minimum Gasteiger partial charge on any atom is -0.287 e. The van der Waals surface area contributed by atoms with Crippen molar-refractivity contribution < 1.29 is 4.79 Å². The van der Waals surface area contributed by atoms with Gasteiger partial charge in [0, 0.05) is 16.8 Å². The molecule has 4 heteroatoms. The summed E-state index contributed by atoms with van der Waals surface area (Å²) in [5.41, 5.74) is 1.17. The van der Waals surface area contributed by atoms with Crippen LogP contribution in [0.5, 0.6) is 0 Å². The van der Waals surface area contributed by atoms with Crippen LogP contribution in [-0.2, 0) is 0 Å². The Balaban J connectivity index is 2.37. The van der Waals surface area contributed by atoms with Gasteiger partial charge in [-0.1, -0.05) is 11.6 Å². The van der Waals surface area contributed by atoms with Gasteiger partial charge in [0.2, 0.25) is 5.78 Å². The van der Waals surface area contributed by atoms with Crippen molar-refractivity contribution in [3.05, 3.63) is 64.4 Å². The SMILES string of the molecule is N#Cc1ccnc(C(=O)c2ccc(Cl)cc2)c1. The predicted molar refractivity (Wildman–Crippen MR) is 63.8 cm³/mol. The molecule has 0 fully saturated rings. The molecule has 0 radical (unpaired) electrons. The van der Waals surface area contributed by atoms with Crippen LogP contribution in [0.25, 0.3) is 0 Å². The van der Waals surface area contributed by atoms with Crippen LogP contribution in [0.15, 0.2) is 42.6 Å². The van der Waals surface area contributed by atoms with E-state index in [9.17, 15) is 4.79 Å². The zero-order chi connectivity index (χ0) is 12.3. The molecule has 0 amide bonds. The normalized spacial score (nSPS) is 9.65. The number of benzene rings is 1. The molecule has 0 aliphatic carbocycles. The minimum absolute atomic E-state index is 0.223. The highest BCUT2D eigenvalue weighted by Gasteiger charge is 2.10. The van der Waals surface area contributed by atoms with Gasteiger partial charge in [0.1, 0.15) is 5.69 Å². The van der Waals surface area contributed by atoms with Crippen LogP contribution in [-0.4, -0.2) is 10.8 Å². The van der Waals surface area contributed by atoms with Gasteiger partial charge in [0.25, 0.3) is 0 Å². The zero-order valence-electron chi connectivity index (χ0n) is 8.72. The van der Waals surface area contributed by atoms with Gasteiger partial charge in [-0.05, 0) is 36.4 Å². The van der Waals surface area contributed by atoms with Crippen molar-refractivity contribution >= 4 is 17.4 Å². The van der Waals surface area contributed by atoms with Crippen molar-refractivity contribution in [2.45, 2.75) is 0 Å². The third kappa shape index (κ3) is 2.49. The molecule has 3 nitrogen and oxygen atoms in total. The maximum absolute atomic E-state index is 12.0. The van der Waals surface area contributed by atoms with Crippen molar-refractivity contribution in [2.24, 2.45) is 0 Å². The van der Waals surface area contributed by atoms with Gasteiger partial charge >= 0.3 is 0 Å². The molecule has 17 heavy (non-hydrogen) atoms. The number of carbonyl (C=O) groups is 1. The number of nitrogens with zero attached hydrogens (tertiary/aromatic N) is 2. The topological polar surface area (TPSA) is 53.8 Å². The highest BCUT2D eigenvalue weighted by atomic mass is 35.5. The Kier molecular flexibility index (Phi) is 3.17. The summed E-state index contributed by atoms with van der Waals surface area (Å²) in [7, 11) is 0. The summed E-state index contributed by atoms with van der Waals surface area (Å²) < 4.78 is 0. The Morgan fingerprint density at radius 2 is 1.94 bits per heavy atom. The molecule has 2 rings (SSSR count). The molecule has 0 saturated heterocycles. The molecule has 0 bridgehead atoms. The van der Waals surface area contributed by atoms with Gasteiger partial charge in [-0.15, -0.1) is 0 Å². The van der Waals surface area contributed by atoms with Crippen molar-refractivity contribution in [3.8, 4) is 6.07 Å². The van der Waals surface area contributed by atoms with E-state index in [1.165, 1.54) is 12.3 Å². The van der Waals surface area contributed by atoms with Gasteiger partial charge < -0.3 is 0 Å². The van der Waals surface area contributed by atoms with E-state index >= 15 is 0 Å².